The van der Waals surface area contributed by atoms with E-state index in [1.54, 1.807) is 36.5 Å². The summed E-state index contributed by atoms with van der Waals surface area (Å²) in [5.41, 5.74) is 1.87. The number of nitrogens with one attached hydrogen (secondary N) is 2. The van der Waals surface area contributed by atoms with Crippen molar-refractivity contribution in [2.24, 2.45) is 0 Å². The highest BCUT2D eigenvalue weighted by Gasteiger charge is 2.23. The zero-order valence-electron chi connectivity index (χ0n) is 17.8. The van der Waals surface area contributed by atoms with Gasteiger partial charge in [-0.05, 0) is 55.2 Å². The molecule has 170 valence electrons. The zero-order valence-corrected chi connectivity index (χ0v) is 17.8. The van der Waals surface area contributed by atoms with Crippen LogP contribution in [0.15, 0.2) is 60.8 Å². The third-order valence-corrected chi connectivity index (χ3v) is 5.08. The molecule has 0 aliphatic heterocycles. The van der Waals surface area contributed by atoms with Gasteiger partial charge in [-0.2, -0.15) is 5.10 Å². The van der Waals surface area contributed by atoms with Crippen molar-refractivity contribution >= 4 is 17.5 Å². The summed E-state index contributed by atoms with van der Waals surface area (Å²) >= 11 is 0. The number of rotatable bonds is 10. The van der Waals surface area contributed by atoms with Crippen LogP contribution in [0.2, 0.25) is 0 Å². The van der Waals surface area contributed by atoms with Crippen LogP contribution in [-0.2, 0) is 11.2 Å². The van der Waals surface area contributed by atoms with Crippen LogP contribution in [0.3, 0.4) is 0 Å². The van der Waals surface area contributed by atoms with Crippen LogP contribution in [0.4, 0.5) is 5.69 Å². The number of ether oxygens (including phenoxy) is 1. The van der Waals surface area contributed by atoms with E-state index in [0.717, 1.165) is 18.4 Å². The van der Waals surface area contributed by atoms with Gasteiger partial charge in [0.25, 0.3) is 17.5 Å². The lowest BCUT2D eigenvalue weighted by atomic mass is 10.1. The van der Waals surface area contributed by atoms with Gasteiger partial charge in [0.05, 0.1) is 10.6 Å². The normalized spacial score (nSPS) is 12.7. The first-order valence-electron chi connectivity index (χ1n) is 10.6. The predicted molar refractivity (Wildman–Crippen MR) is 119 cm³/mol. The maximum atomic E-state index is 12.4. The van der Waals surface area contributed by atoms with Crippen molar-refractivity contribution in [2.75, 3.05) is 13.2 Å². The molecule has 0 saturated heterocycles. The van der Waals surface area contributed by atoms with Crippen molar-refractivity contribution in [1.82, 2.24) is 20.4 Å². The Morgan fingerprint density at radius 3 is 2.48 bits per heavy atom. The fourth-order valence-electron chi connectivity index (χ4n) is 3.13. The Labute approximate surface area is 189 Å². The molecule has 1 aliphatic carbocycles. The number of carbonyl (C=O) groups is 2. The molecular formula is C23H23N5O5. The van der Waals surface area contributed by atoms with Crippen LogP contribution in [0.5, 0.6) is 5.75 Å². The molecule has 0 atom stereocenters. The third kappa shape index (κ3) is 6.16. The van der Waals surface area contributed by atoms with E-state index in [9.17, 15) is 19.7 Å². The lowest BCUT2D eigenvalue weighted by Crippen LogP contribution is -2.30. The van der Waals surface area contributed by atoms with E-state index in [1.807, 2.05) is 12.1 Å². The molecule has 3 aromatic rings. The molecule has 1 fully saturated rings. The van der Waals surface area contributed by atoms with E-state index in [-0.39, 0.29) is 29.8 Å². The van der Waals surface area contributed by atoms with Gasteiger partial charge in [0.2, 0.25) is 0 Å². The molecular weight excluding hydrogens is 426 g/mol. The van der Waals surface area contributed by atoms with Crippen molar-refractivity contribution in [3.05, 3.63) is 82.2 Å². The smallest absolute Gasteiger partial charge is 0.271 e. The van der Waals surface area contributed by atoms with E-state index in [1.165, 1.54) is 16.8 Å². The van der Waals surface area contributed by atoms with E-state index < -0.39 is 4.92 Å². The van der Waals surface area contributed by atoms with Gasteiger partial charge in [0.1, 0.15) is 5.75 Å². The monoisotopic (exact) mass is 449 g/mol. The molecule has 2 amide bonds. The minimum absolute atomic E-state index is 0.00156. The summed E-state index contributed by atoms with van der Waals surface area (Å²) in [6, 6.07) is 15.2. The van der Waals surface area contributed by atoms with Crippen molar-refractivity contribution in [1.29, 1.82) is 0 Å². The Bertz CT molecular complexity index is 1140. The second kappa shape index (κ2) is 9.94. The van der Waals surface area contributed by atoms with Crippen LogP contribution >= 0.6 is 0 Å². The summed E-state index contributed by atoms with van der Waals surface area (Å²) in [6.45, 7) is 0.422. The maximum absolute atomic E-state index is 12.4. The highest BCUT2D eigenvalue weighted by atomic mass is 16.6. The number of carbonyl (C=O) groups excluding carboxylic acids is 2. The Hall–Kier alpha value is -4.21. The highest BCUT2D eigenvalue weighted by molar-refractivity contribution is 5.92. The van der Waals surface area contributed by atoms with Gasteiger partial charge in [-0.3, -0.25) is 19.7 Å². The molecule has 1 saturated carbocycles. The lowest BCUT2D eigenvalue weighted by Gasteiger charge is -2.08. The summed E-state index contributed by atoms with van der Waals surface area (Å²) < 4.78 is 6.97. The minimum atomic E-state index is -0.471. The molecule has 2 N–H and O–H groups in total. The summed E-state index contributed by atoms with van der Waals surface area (Å²) in [7, 11) is 0. The van der Waals surface area contributed by atoms with E-state index in [2.05, 4.69) is 15.7 Å². The second-order valence-corrected chi connectivity index (χ2v) is 7.70. The number of nitro benzene ring substituents is 1. The number of benzene rings is 2. The first-order valence-corrected chi connectivity index (χ1v) is 10.6. The van der Waals surface area contributed by atoms with Crippen molar-refractivity contribution in [3.8, 4) is 11.4 Å². The van der Waals surface area contributed by atoms with Crippen LogP contribution < -0.4 is 15.4 Å². The van der Waals surface area contributed by atoms with Crippen molar-refractivity contribution < 1.29 is 19.2 Å². The Kier molecular flexibility index (Phi) is 6.63. The number of nitro groups is 1. The molecule has 0 unspecified atom stereocenters. The number of non-ortho nitro benzene ring substituents is 1. The first-order chi connectivity index (χ1) is 16.0. The average Bonchev–Trinajstić information content (AvgIpc) is 3.49. The van der Waals surface area contributed by atoms with Gasteiger partial charge in [-0.15, -0.1) is 0 Å². The molecule has 1 heterocycles. The summed E-state index contributed by atoms with van der Waals surface area (Å²) in [4.78, 5) is 34.3. The summed E-state index contributed by atoms with van der Waals surface area (Å²) in [5.74, 6) is 0.197. The average molecular weight is 449 g/mol. The van der Waals surface area contributed by atoms with Gasteiger partial charge >= 0.3 is 0 Å². The van der Waals surface area contributed by atoms with E-state index in [4.69, 9.17) is 4.74 Å². The summed E-state index contributed by atoms with van der Waals surface area (Å²) in [5, 5.41) is 20.7. The van der Waals surface area contributed by atoms with E-state index in [0.29, 0.717) is 30.4 Å². The van der Waals surface area contributed by atoms with Gasteiger partial charge in [-0.25, -0.2) is 4.68 Å². The second-order valence-electron chi connectivity index (χ2n) is 7.70. The Morgan fingerprint density at radius 1 is 1.09 bits per heavy atom. The fourth-order valence-corrected chi connectivity index (χ4v) is 3.13. The maximum Gasteiger partial charge on any atom is 0.271 e. The SMILES string of the molecule is O=C(COc1ccc(CCNC(=O)c2ccn(-c3ccc([N+](=O)[O-])cc3)n2)cc1)NC1CC1. The van der Waals surface area contributed by atoms with Gasteiger partial charge in [0.15, 0.2) is 12.3 Å². The molecule has 0 spiro atoms. The van der Waals surface area contributed by atoms with Crippen LogP contribution in [0.25, 0.3) is 5.69 Å². The molecule has 1 aliphatic rings. The quantitative estimate of drug-likeness (QED) is 0.361. The number of nitrogens with zero attached hydrogens (tertiary/aromatic N) is 3. The van der Waals surface area contributed by atoms with Gasteiger partial charge in [0, 0.05) is 30.9 Å². The van der Waals surface area contributed by atoms with Crippen molar-refractivity contribution in [2.45, 2.75) is 25.3 Å². The third-order valence-electron chi connectivity index (χ3n) is 5.08. The molecule has 10 heteroatoms. The van der Waals surface area contributed by atoms with Gasteiger partial charge in [-0.1, -0.05) is 12.1 Å². The zero-order chi connectivity index (χ0) is 23.2. The molecule has 10 nitrogen and oxygen atoms in total. The Morgan fingerprint density at radius 2 is 1.82 bits per heavy atom. The standard InChI is InChI=1S/C23H23N5O5/c29-22(25-17-3-4-17)15-33-20-9-1-16(2-10-20)11-13-24-23(30)21-12-14-27(26-21)18-5-7-19(8-6-18)28(31)32/h1-2,5-10,12,14,17H,3-4,11,13,15H2,(H,24,30)(H,25,29). The number of hydrogen-bond acceptors (Lipinski definition) is 6. The molecule has 4 rings (SSSR count). The van der Waals surface area contributed by atoms with Crippen LogP contribution in [0.1, 0.15) is 28.9 Å². The largest absolute Gasteiger partial charge is 0.484 e. The molecule has 2 aromatic carbocycles. The van der Waals surface area contributed by atoms with Crippen LogP contribution in [0, 0.1) is 10.1 Å². The molecule has 33 heavy (non-hydrogen) atoms. The van der Waals surface area contributed by atoms with Crippen molar-refractivity contribution in [3.63, 3.8) is 0 Å². The predicted octanol–water partition coefficient (Wildman–Crippen LogP) is 2.41. The van der Waals surface area contributed by atoms with E-state index >= 15 is 0 Å². The molecule has 0 radical (unpaired) electrons. The summed E-state index contributed by atoms with van der Waals surface area (Å²) in [6.07, 6.45) is 4.33. The first kappa shape index (κ1) is 22.0. The van der Waals surface area contributed by atoms with Gasteiger partial charge < -0.3 is 15.4 Å². The minimum Gasteiger partial charge on any atom is -0.484 e. The van der Waals surface area contributed by atoms with Crippen LogP contribution in [-0.4, -0.2) is 45.7 Å². The topological polar surface area (TPSA) is 128 Å². The lowest BCUT2D eigenvalue weighted by molar-refractivity contribution is -0.384. The number of hydrogen-bond donors (Lipinski definition) is 2. The molecule has 1 aromatic heterocycles. The highest BCUT2D eigenvalue weighted by Crippen LogP contribution is 2.19. The molecule has 0 bridgehead atoms. The number of aromatic nitrogens is 2. The fraction of sp³-hybridized carbons (Fsp3) is 0.261. The number of amides is 2. The Balaban J connectivity index is 1.22.